The topological polar surface area (TPSA) is 49.0 Å². The second-order valence-electron chi connectivity index (χ2n) is 9.46. The molecular weight excluding hydrogens is 365 g/mol. The van der Waals surface area contributed by atoms with E-state index < -0.39 is 0 Å². The van der Waals surface area contributed by atoms with E-state index in [0.29, 0.717) is 5.69 Å². The molecule has 2 aromatic heterocycles. The van der Waals surface area contributed by atoms with E-state index in [1.165, 1.54) is 31.4 Å². The van der Waals surface area contributed by atoms with Crippen LogP contribution in [-0.4, -0.2) is 16.4 Å². The average molecular weight is 390 g/mol. The Balaban J connectivity index is 1.37. The summed E-state index contributed by atoms with van der Waals surface area (Å²) in [6, 6.07) is 12.2. The average Bonchev–Trinajstić information content (AvgIpc) is 3.07. The quantitative estimate of drug-likeness (QED) is 0.645. The van der Waals surface area contributed by atoms with Crippen LogP contribution in [0.25, 0.3) is 16.9 Å². The third-order valence-electron chi connectivity index (χ3n) is 7.36. The van der Waals surface area contributed by atoms with Crippen molar-refractivity contribution in [2.75, 3.05) is 0 Å². The van der Waals surface area contributed by atoms with Crippen LogP contribution in [0, 0.1) is 23.6 Å². The van der Waals surface area contributed by atoms with E-state index in [1.54, 1.807) is 12.1 Å². The van der Waals surface area contributed by atoms with Crippen molar-refractivity contribution >= 4 is 11.4 Å². The highest BCUT2D eigenvalue weighted by Gasteiger charge is 2.52. The lowest BCUT2D eigenvalue weighted by Crippen LogP contribution is -2.59. The fourth-order valence-corrected chi connectivity index (χ4v) is 6.64. The minimum absolute atomic E-state index is 0.0241. The van der Waals surface area contributed by atoms with E-state index in [2.05, 4.69) is 10.3 Å². The molecule has 4 bridgehead atoms. The van der Waals surface area contributed by atoms with Crippen LogP contribution >= 0.6 is 0 Å². The third-order valence-corrected chi connectivity index (χ3v) is 7.36. The largest absolute Gasteiger partial charge is 0.343 e. The van der Waals surface area contributed by atoms with Gasteiger partial charge in [-0.1, -0.05) is 6.07 Å². The van der Waals surface area contributed by atoms with Crippen molar-refractivity contribution in [1.29, 1.82) is 0 Å². The number of aromatic amines is 1. The first-order valence-electron chi connectivity index (χ1n) is 10.7. The normalized spacial score (nSPS) is 30.0. The number of amides is 1. The molecule has 4 aliphatic rings. The zero-order valence-corrected chi connectivity index (χ0v) is 16.3. The molecule has 0 atom stereocenters. The summed E-state index contributed by atoms with van der Waals surface area (Å²) in [5.74, 6) is 2.85. The van der Waals surface area contributed by atoms with Gasteiger partial charge in [-0.15, -0.1) is 0 Å². The van der Waals surface area contributed by atoms with Crippen LogP contribution < -0.4 is 9.72 Å². The number of H-pyrrole nitrogens is 1. The van der Waals surface area contributed by atoms with E-state index in [1.807, 2.05) is 28.8 Å². The zero-order chi connectivity index (χ0) is 19.6. The van der Waals surface area contributed by atoms with Crippen molar-refractivity contribution in [3.05, 3.63) is 60.2 Å². The van der Waals surface area contributed by atoms with Crippen LogP contribution in [0.3, 0.4) is 0 Å². The molecular formula is C24H25FN3O+. The lowest BCUT2D eigenvalue weighted by Gasteiger charge is -2.56. The van der Waals surface area contributed by atoms with Gasteiger partial charge in [0.15, 0.2) is 5.52 Å². The number of nitrogens with zero attached hydrogens (tertiary/aromatic N) is 1. The van der Waals surface area contributed by atoms with Gasteiger partial charge in [-0.2, -0.15) is 4.40 Å². The Morgan fingerprint density at radius 2 is 1.66 bits per heavy atom. The first-order chi connectivity index (χ1) is 14.1. The molecule has 0 spiro atoms. The number of hydrogen-bond acceptors (Lipinski definition) is 1. The number of imidazole rings is 1. The number of carbonyl (C=O) groups is 1. The van der Waals surface area contributed by atoms with E-state index in [4.69, 9.17) is 0 Å². The number of hydrogen-bond donors (Lipinski definition) is 2. The summed E-state index contributed by atoms with van der Waals surface area (Å²) in [7, 11) is 0. The number of fused-ring (bicyclic) bond motifs is 1. The molecule has 1 amide bonds. The van der Waals surface area contributed by atoms with Crippen molar-refractivity contribution in [1.82, 2.24) is 10.3 Å². The van der Waals surface area contributed by atoms with Crippen LogP contribution in [0.5, 0.6) is 0 Å². The van der Waals surface area contributed by atoms with Gasteiger partial charge in [0.2, 0.25) is 5.69 Å². The minimum atomic E-state index is -0.269. The Bertz CT molecular complexity index is 1070. The third kappa shape index (κ3) is 2.78. The van der Waals surface area contributed by atoms with Gasteiger partial charge in [-0.3, -0.25) is 4.79 Å². The molecule has 4 saturated carbocycles. The Kier molecular flexibility index (Phi) is 3.65. The molecule has 7 rings (SSSR count). The molecule has 4 fully saturated rings. The number of pyridine rings is 1. The van der Waals surface area contributed by atoms with Crippen molar-refractivity contribution in [3.63, 3.8) is 0 Å². The SMILES string of the molecule is O=C(NC12CC3CC(CC(C3)C1)C2)c1[nH]c(-c2ccc(F)cc2)[n+]2ccccc12. The second kappa shape index (κ2) is 6.15. The summed E-state index contributed by atoms with van der Waals surface area (Å²) in [6.07, 6.45) is 9.37. The summed E-state index contributed by atoms with van der Waals surface area (Å²) in [6.45, 7) is 0. The van der Waals surface area contributed by atoms with Crippen molar-refractivity contribution in [3.8, 4) is 11.4 Å². The van der Waals surface area contributed by atoms with E-state index in [0.717, 1.165) is 53.9 Å². The molecule has 5 heteroatoms. The summed E-state index contributed by atoms with van der Waals surface area (Å²) in [5, 5.41) is 3.46. The predicted octanol–water partition coefficient (Wildman–Crippen LogP) is 4.26. The number of aromatic nitrogens is 2. The maximum atomic E-state index is 13.4. The van der Waals surface area contributed by atoms with Crippen LogP contribution in [0.2, 0.25) is 0 Å². The van der Waals surface area contributed by atoms with Gasteiger partial charge in [-0.05, 0) is 92.7 Å². The van der Waals surface area contributed by atoms with Gasteiger partial charge in [-0.25, -0.2) is 9.37 Å². The molecule has 1 aromatic carbocycles. The summed E-state index contributed by atoms with van der Waals surface area (Å²) in [4.78, 5) is 16.8. The molecule has 3 aromatic rings. The molecule has 2 N–H and O–H groups in total. The number of halogens is 1. The standard InChI is InChI=1S/C24H24FN3O/c25-19-6-4-18(5-7-19)22-26-21(20-3-1-2-8-28(20)22)23(29)27-24-12-15-9-16(13-24)11-17(10-15)14-24/h1-8,15-17H,9-14H2,(H,27,29)/p+1. The van der Waals surface area contributed by atoms with E-state index in [-0.39, 0.29) is 17.3 Å². The number of benzene rings is 1. The molecule has 0 radical (unpaired) electrons. The highest BCUT2D eigenvalue weighted by atomic mass is 19.1. The maximum absolute atomic E-state index is 13.4. The lowest BCUT2D eigenvalue weighted by molar-refractivity contribution is -0.498. The number of carbonyl (C=O) groups excluding carboxylic acids is 1. The zero-order valence-electron chi connectivity index (χ0n) is 16.3. The molecule has 2 heterocycles. The van der Waals surface area contributed by atoms with Crippen LogP contribution in [-0.2, 0) is 0 Å². The van der Waals surface area contributed by atoms with E-state index in [9.17, 15) is 9.18 Å². The maximum Gasteiger partial charge on any atom is 0.296 e. The lowest BCUT2D eigenvalue weighted by atomic mass is 9.53. The van der Waals surface area contributed by atoms with Gasteiger partial charge in [0.05, 0.1) is 11.8 Å². The smallest absolute Gasteiger partial charge is 0.296 e. The Hall–Kier alpha value is -2.69. The van der Waals surface area contributed by atoms with Gasteiger partial charge >= 0.3 is 0 Å². The van der Waals surface area contributed by atoms with Crippen molar-refractivity contribution < 1.29 is 13.6 Å². The molecule has 0 aliphatic heterocycles. The van der Waals surface area contributed by atoms with E-state index >= 15 is 0 Å². The van der Waals surface area contributed by atoms with Gasteiger partial charge < -0.3 is 5.32 Å². The molecule has 0 saturated heterocycles. The number of nitrogens with one attached hydrogen (secondary N) is 2. The Labute approximate surface area is 169 Å². The first kappa shape index (κ1) is 17.2. The highest BCUT2D eigenvalue weighted by Crippen LogP contribution is 2.55. The fraction of sp³-hybridized carbons (Fsp3) is 0.417. The van der Waals surface area contributed by atoms with Gasteiger partial charge in [0.1, 0.15) is 5.82 Å². The first-order valence-corrected chi connectivity index (χ1v) is 10.7. The molecule has 0 unspecified atom stereocenters. The Morgan fingerprint density at radius 3 is 2.31 bits per heavy atom. The van der Waals surface area contributed by atoms with Crippen molar-refractivity contribution in [2.45, 2.75) is 44.1 Å². The van der Waals surface area contributed by atoms with Crippen LogP contribution in [0.4, 0.5) is 4.39 Å². The second-order valence-corrected chi connectivity index (χ2v) is 9.46. The molecule has 148 valence electrons. The Morgan fingerprint density at radius 1 is 1.00 bits per heavy atom. The van der Waals surface area contributed by atoms with Crippen LogP contribution in [0.15, 0.2) is 48.7 Å². The molecule has 4 nitrogen and oxygen atoms in total. The molecule has 4 aliphatic carbocycles. The summed E-state index contributed by atoms with van der Waals surface area (Å²) >= 11 is 0. The predicted molar refractivity (Wildman–Crippen MR) is 108 cm³/mol. The van der Waals surface area contributed by atoms with Gasteiger partial charge in [0, 0.05) is 5.54 Å². The summed E-state index contributed by atoms with van der Waals surface area (Å²) < 4.78 is 15.4. The highest BCUT2D eigenvalue weighted by molar-refractivity contribution is 5.99. The van der Waals surface area contributed by atoms with Crippen molar-refractivity contribution in [2.24, 2.45) is 17.8 Å². The number of rotatable bonds is 3. The fourth-order valence-electron chi connectivity index (χ4n) is 6.64. The molecule has 29 heavy (non-hydrogen) atoms. The van der Waals surface area contributed by atoms with Gasteiger partial charge in [0.25, 0.3) is 11.7 Å². The monoisotopic (exact) mass is 390 g/mol. The van der Waals surface area contributed by atoms with Crippen LogP contribution in [0.1, 0.15) is 49.0 Å². The minimum Gasteiger partial charge on any atom is -0.343 e. The summed E-state index contributed by atoms with van der Waals surface area (Å²) in [5.41, 5.74) is 2.25.